The standard InChI is InChI=1S/C41H55N6O8PS/c1-9-17-56(51,52)41(21-25(41)10-2)46-36(48)33-19-28(22-47(33)37(49)35(40(5,6)7)45-39(50)55-26-13-11-12-14-26)54-34-20-31(32-23-57-38(44-32)42-24(3)4)43-30-18-27(53-8)15-16-29(30)34/h9-10,15-18,20,23-26,28,33,35H,2,11-14,19,21-22H2,1,3-8H3,(H,42,44)(H,45,50)(H,46,48)(H,51,52)/b17-9+/t25-,28-,33+,35-,41+/m1/s1. The van der Waals surface area contributed by atoms with Crippen LogP contribution in [0.5, 0.6) is 11.5 Å². The number of allylic oxidation sites excluding steroid dienone is 1. The Kier molecular flexibility index (Phi) is 12.4. The number of anilines is 1. The molecule has 2 saturated carbocycles. The molecule has 0 bridgehead atoms. The van der Waals surface area contributed by atoms with Crippen molar-refractivity contribution in [2.75, 3.05) is 19.0 Å². The lowest BCUT2D eigenvalue weighted by atomic mass is 9.85. The van der Waals surface area contributed by atoms with Crippen LogP contribution < -0.4 is 25.4 Å². The van der Waals surface area contributed by atoms with Crippen LogP contribution in [0.15, 0.2) is 54.2 Å². The molecular weight excluding hydrogens is 768 g/mol. The molecule has 6 rings (SSSR count). The molecule has 1 saturated heterocycles. The Morgan fingerprint density at radius 1 is 1.12 bits per heavy atom. The second kappa shape index (κ2) is 16.8. The summed E-state index contributed by atoms with van der Waals surface area (Å²) in [5.41, 5.74) is 1.02. The number of hydrogen-bond acceptors (Lipinski definition) is 11. The molecule has 3 heterocycles. The number of fused-ring (bicyclic) bond motifs is 1. The first-order chi connectivity index (χ1) is 27.0. The van der Waals surface area contributed by atoms with E-state index in [-0.39, 0.29) is 31.5 Å². The Labute approximate surface area is 338 Å². The molecule has 4 N–H and O–H groups in total. The smallest absolute Gasteiger partial charge is 0.408 e. The first-order valence-electron chi connectivity index (χ1n) is 19.5. The Hall–Kier alpha value is -4.46. The SMILES string of the molecule is C=C[C@@H]1C[C@]1(NC(=O)[C@@H]1C[C@@H](Oc2cc(-c3csc(NC(C)C)n3)nc3cc(OC)ccc23)CN1C(=O)[C@@H](NC(=O)OC1CCCC1)C(C)(C)C)P(=O)(O)/C=C/C. The van der Waals surface area contributed by atoms with Crippen molar-refractivity contribution in [2.24, 2.45) is 11.3 Å². The third-order valence-corrected chi connectivity index (χ3v) is 14.0. The molecule has 2 aliphatic carbocycles. The minimum atomic E-state index is -4.04. The van der Waals surface area contributed by atoms with Gasteiger partial charge >= 0.3 is 6.09 Å². The number of aromatic nitrogens is 2. The molecule has 16 heteroatoms. The largest absolute Gasteiger partial charge is 0.497 e. The third kappa shape index (κ3) is 9.16. The van der Waals surface area contributed by atoms with Gasteiger partial charge in [0, 0.05) is 41.3 Å². The van der Waals surface area contributed by atoms with E-state index in [2.05, 4.69) is 22.5 Å². The molecule has 3 aliphatic rings. The Morgan fingerprint density at radius 2 is 1.86 bits per heavy atom. The highest BCUT2D eigenvalue weighted by Crippen LogP contribution is 2.70. The molecule has 308 valence electrons. The van der Waals surface area contributed by atoms with Gasteiger partial charge in [0.05, 0.1) is 24.9 Å². The second-order valence-electron chi connectivity index (χ2n) is 16.5. The minimum Gasteiger partial charge on any atom is -0.497 e. The van der Waals surface area contributed by atoms with Gasteiger partial charge in [0.25, 0.3) is 0 Å². The Balaban J connectivity index is 1.35. The van der Waals surface area contributed by atoms with Crippen LogP contribution in [0.4, 0.5) is 9.93 Å². The van der Waals surface area contributed by atoms with Crippen LogP contribution in [0.2, 0.25) is 0 Å². The average molecular weight is 823 g/mol. The molecular formula is C41H55N6O8PS. The molecule has 2 aromatic heterocycles. The lowest BCUT2D eigenvalue weighted by Gasteiger charge is -2.35. The quantitative estimate of drug-likeness (QED) is 0.0937. The molecule has 1 unspecified atom stereocenters. The summed E-state index contributed by atoms with van der Waals surface area (Å²) in [6.45, 7) is 15.0. The Bertz CT molecular complexity index is 2080. The van der Waals surface area contributed by atoms with Gasteiger partial charge in [-0.1, -0.05) is 32.9 Å². The number of methoxy groups -OCH3 is 1. The van der Waals surface area contributed by atoms with Gasteiger partial charge in [-0.15, -0.1) is 17.9 Å². The van der Waals surface area contributed by atoms with Gasteiger partial charge in [-0.3, -0.25) is 14.2 Å². The van der Waals surface area contributed by atoms with E-state index in [9.17, 15) is 23.8 Å². The first-order valence-corrected chi connectivity index (χ1v) is 22.2. The zero-order valence-corrected chi connectivity index (χ0v) is 35.5. The van der Waals surface area contributed by atoms with Gasteiger partial charge in [-0.05, 0) is 76.2 Å². The number of ether oxygens (including phenoxy) is 3. The summed E-state index contributed by atoms with van der Waals surface area (Å²) in [5.74, 6) is 0.747. The number of rotatable bonds is 14. The number of pyridine rings is 1. The molecule has 1 aliphatic heterocycles. The van der Waals surface area contributed by atoms with Crippen LogP contribution >= 0.6 is 18.7 Å². The van der Waals surface area contributed by atoms with Crippen molar-refractivity contribution in [3.05, 3.63) is 54.2 Å². The van der Waals surface area contributed by atoms with E-state index in [4.69, 9.17) is 24.2 Å². The highest BCUT2D eigenvalue weighted by Gasteiger charge is 2.65. The van der Waals surface area contributed by atoms with Gasteiger partial charge in [0.1, 0.15) is 46.8 Å². The number of thiazole rings is 1. The zero-order chi connectivity index (χ0) is 41.3. The van der Waals surface area contributed by atoms with Crippen LogP contribution in [0.25, 0.3) is 22.3 Å². The third-order valence-electron chi connectivity index (χ3n) is 10.8. The maximum Gasteiger partial charge on any atom is 0.408 e. The topological polar surface area (TPSA) is 181 Å². The summed E-state index contributed by atoms with van der Waals surface area (Å²) in [6.07, 6.45) is 5.19. The van der Waals surface area contributed by atoms with Crippen molar-refractivity contribution in [3.63, 3.8) is 0 Å². The fourth-order valence-electron chi connectivity index (χ4n) is 7.69. The Morgan fingerprint density at radius 3 is 2.49 bits per heavy atom. The highest BCUT2D eigenvalue weighted by molar-refractivity contribution is 7.63. The summed E-state index contributed by atoms with van der Waals surface area (Å²) in [6, 6.07) is 5.26. The lowest BCUT2D eigenvalue weighted by Crippen LogP contribution is -2.58. The summed E-state index contributed by atoms with van der Waals surface area (Å²) >= 11 is 1.46. The van der Waals surface area contributed by atoms with Crippen molar-refractivity contribution >= 4 is 52.6 Å². The van der Waals surface area contributed by atoms with Crippen molar-refractivity contribution < 1.29 is 38.1 Å². The zero-order valence-electron chi connectivity index (χ0n) is 33.7. The number of carbonyl (C=O) groups is 3. The van der Waals surface area contributed by atoms with Gasteiger partial charge in [-0.2, -0.15) is 0 Å². The van der Waals surface area contributed by atoms with Gasteiger partial charge in [0.15, 0.2) is 5.13 Å². The van der Waals surface area contributed by atoms with Crippen LogP contribution in [-0.4, -0.2) is 86.9 Å². The minimum absolute atomic E-state index is 0.0130. The van der Waals surface area contributed by atoms with Gasteiger partial charge in [0.2, 0.25) is 19.2 Å². The van der Waals surface area contributed by atoms with E-state index in [1.165, 1.54) is 28.1 Å². The second-order valence-corrected chi connectivity index (χ2v) is 19.7. The lowest BCUT2D eigenvalue weighted by molar-refractivity contribution is -0.142. The molecule has 3 amide bonds. The monoisotopic (exact) mass is 822 g/mol. The fraction of sp³-hybridized carbons (Fsp3) is 0.537. The van der Waals surface area contributed by atoms with E-state index < -0.39 is 60.1 Å². The number of nitrogens with one attached hydrogen (secondary N) is 3. The molecule has 0 spiro atoms. The first kappa shape index (κ1) is 42.2. The van der Waals surface area contributed by atoms with Crippen molar-refractivity contribution in [1.82, 2.24) is 25.5 Å². The molecule has 14 nitrogen and oxygen atoms in total. The number of hydrogen-bond donors (Lipinski definition) is 4. The van der Waals surface area contributed by atoms with Gasteiger partial charge < -0.3 is 40.0 Å². The van der Waals surface area contributed by atoms with Gasteiger partial charge in [-0.25, -0.2) is 14.8 Å². The summed E-state index contributed by atoms with van der Waals surface area (Å²) in [7, 11) is -2.46. The number of alkyl carbamates (subject to hydrolysis) is 1. The highest BCUT2D eigenvalue weighted by atomic mass is 32.1. The predicted molar refractivity (Wildman–Crippen MR) is 222 cm³/mol. The van der Waals surface area contributed by atoms with Crippen LogP contribution in [0, 0.1) is 11.3 Å². The van der Waals surface area contributed by atoms with Crippen molar-refractivity contribution in [2.45, 2.75) is 116 Å². The molecule has 1 aromatic carbocycles. The molecule has 3 fully saturated rings. The maximum atomic E-state index is 14.7. The van der Waals surface area contributed by atoms with Crippen LogP contribution in [0.1, 0.15) is 80.1 Å². The molecule has 6 atom stereocenters. The summed E-state index contributed by atoms with van der Waals surface area (Å²) in [4.78, 5) is 64.6. The summed E-state index contributed by atoms with van der Waals surface area (Å²) < 4.78 is 31.6. The predicted octanol–water partition coefficient (Wildman–Crippen LogP) is 7.44. The number of carbonyl (C=O) groups excluding carboxylic acids is 3. The number of likely N-dealkylation sites (tertiary alicyclic amines) is 1. The van der Waals surface area contributed by atoms with Crippen LogP contribution in [-0.2, 0) is 18.9 Å². The van der Waals surface area contributed by atoms with Crippen molar-refractivity contribution in [3.8, 4) is 22.9 Å². The van der Waals surface area contributed by atoms with E-state index in [1.54, 1.807) is 38.3 Å². The van der Waals surface area contributed by atoms with E-state index in [0.29, 0.717) is 33.8 Å². The number of amides is 3. The normalized spacial score (nSPS) is 23.9. The summed E-state index contributed by atoms with van der Waals surface area (Å²) in [5, 5.41) is 10.9. The van der Waals surface area contributed by atoms with E-state index in [1.807, 2.05) is 46.1 Å². The number of benzene rings is 1. The van der Waals surface area contributed by atoms with E-state index in [0.717, 1.165) is 30.8 Å². The van der Waals surface area contributed by atoms with E-state index >= 15 is 0 Å². The molecule has 3 aromatic rings. The molecule has 0 radical (unpaired) electrons. The average Bonchev–Trinajstić information content (AvgIpc) is 3.55. The number of nitrogens with zero attached hydrogens (tertiary/aromatic N) is 3. The van der Waals surface area contributed by atoms with Crippen molar-refractivity contribution in [1.29, 1.82) is 0 Å². The van der Waals surface area contributed by atoms with Crippen LogP contribution in [0.3, 0.4) is 0 Å². The fourth-order valence-corrected chi connectivity index (χ4v) is 10.5. The maximum absolute atomic E-state index is 14.7. The molecule has 57 heavy (non-hydrogen) atoms.